The summed E-state index contributed by atoms with van der Waals surface area (Å²) in [4.78, 5) is 52.6. The number of fused-ring (bicyclic) bond motifs is 1. The summed E-state index contributed by atoms with van der Waals surface area (Å²) in [6.45, 7) is 2.02. The molecule has 1 aliphatic rings. The molecule has 0 aliphatic heterocycles. The number of carbonyl (C=O) groups is 4. The highest BCUT2D eigenvalue weighted by Gasteiger charge is 2.39. The van der Waals surface area contributed by atoms with Crippen LogP contribution in [0.2, 0.25) is 0 Å². The number of nitrogens with one attached hydrogen (secondary N) is 2. The molecule has 0 spiro atoms. The summed E-state index contributed by atoms with van der Waals surface area (Å²) in [6, 6.07) is 13.8. The fourth-order valence-electron chi connectivity index (χ4n) is 4.19. The van der Waals surface area contributed by atoms with Gasteiger partial charge in [0.05, 0.1) is 16.4 Å². The van der Waals surface area contributed by atoms with Gasteiger partial charge in [0.25, 0.3) is 11.8 Å². The second kappa shape index (κ2) is 17.1. The van der Waals surface area contributed by atoms with Crippen LogP contribution in [-0.4, -0.2) is 105 Å². The average Bonchev–Trinajstić information content (AvgIpc) is 3.54. The molecule has 19 heteroatoms. The predicted molar refractivity (Wildman–Crippen MR) is 169 cm³/mol. The minimum Gasteiger partial charge on any atom is -0.475 e. The fraction of sp³-hybridized carbons (Fsp3) is 0.355. The Kier molecular flexibility index (Phi) is 13.4. The van der Waals surface area contributed by atoms with Crippen molar-refractivity contribution < 1.29 is 55.7 Å². The van der Waals surface area contributed by atoms with Crippen LogP contribution in [0.15, 0.2) is 54.9 Å². The largest absolute Gasteiger partial charge is 0.490 e. The Morgan fingerprint density at radius 3 is 2.14 bits per heavy atom. The number of H-pyrrole nitrogens is 1. The first-order chi connectivity index (χ1) is 23.4. The summed E-state index contributed by atoms with van der Waals surface area (Å²) in [5.74, 6) is -5.65. The Balaban J connectivity index is 0.000000408. The molecule has 0 atom stereocenters. The number of rotatable bonds is 10. The van der Waals surface area contributed by atoms with E-state index in [0.717, 1.165) is 52.7 Å². The first-order valence-electron chi connectivity index (χ1n) is 14.7. The van der Waals surface area contributed by atoms with Crippen molar-refractivity contribution in [3.05, 3.63) is 71.0 Å². The van der Waals surface area contributed by atoms with Gasteiger partial charge in [-0.05, 0) is 75.3 Å². The van der Waals surface area contributed by atoms with E-state index in [1.165, 1.54) is 11.3 Å². The van der Waals surface area contributed by atoms with Crippen LogP contribution in [0.1, 0.15) is 45.0 Å². The van der Waals surface area contributed by atoms with Gasteiger partial charge in [-0.15, -0.1) is 11.3 Å². The number of benzene rings is 2. The van der Waals surface area contributed by atoms with Crippen molar-refractivity contribution in [3.63, 3.8) is 0 Å². The number of aromatic amines is 1. The highest BCUT2D eigenvalue weighted by Crippen LogP contribution is 2.33. The number of hydrogen-bond acceptors (Lipinski definition) is 8. The summed E-state index contributed by atoms with van der Waals surface area (Å²) in [5, 5.41) is 24.6. The molecule has 5 rings (SSSR count). The fourth-order valence-corrected chi connectivity index (χ4v) is 5.15. The molecule has 12 nitrogen and oxygen atoms in total. The van der Waals surface area contributed by atoms with Gasteiger partial charge in [-0.3, -0.25) is 14.7 Å². The van der Waals surface area contributed by atoms with Crippen molar-refractivity contribution in [2.45, 2.75) is 44.2 Å². The van der Waals surface area contributed by atoms with Crippen molar-refractivity contribution in [1.82, 2.24) is 30.3 Å². The van der Waals surface area contributed by atoms with Gasteiger partial charge in [0.15, 0.2) is 5.01 Å². The lowest BCUT2D eigenvalue weighted by Crippen LogP contribution is -2.32. The van der Waals surface area contributed by atoms with Crippen molar-refractivity contribution in [2.75, 3.05) is 27.2 Å². The zero-order valence-corrected chi connectivity index (χ0v) is 27.3. The monoisotopic (exact) mass is 730 g/mol. The highest BCUT2D eigenvalue weighted by atomic mass is 32.1. The third-order valence-electron chi connectivity index (χ3n) is 6.75. The van der Waals surface area contributed by atoms with Gasteiger partial charge >= 0.3 is 24.3 Å². The zero-order chi connectivity index (χ0) is 37.2. The Morgan fingerprint density at radius 2 is 1.60 bits per heavy atom. The number of nitrogens with zero attached hydrogens (tertiary/aromatic N) is 4. The second-order valence-corrected chi connectivity index (χ2v) is 12.1. The summed E-state index contributed by atoms with van der Waals surface area (Å²) in [7, 11) is 4.04. The second-order valence-electron chi connectivity index (χ2n) is 11.1. The molecule has 270 valence electrons. The molecule has 4 aromatic rings. The molecule has 0 unspecified atom stereocenters. The Bertz CT molecular complexity index is 1750. The van der Waals surface area contributed by atoms with Crippen molar-refractivity contribution in [1.29, 1.82) is 0 Å². The predicted octanol–water partition coefficient (Wildman–Crippen LogP) is 5.44. The lowest BCUT2D eigenvalue weighted by atomic mass is 10.1. The molecule has 0 radical (unpaired) electrons. The number of thiazole rings is 1. The standard InChI is InChI=1S/C27H30N6O2S.2C2HF3O2/c1-32(2)12-4-11-28-25(34)20-6-3-5-18(13-20)17-33(22-8-9-22)27(35)26-31-23-10-7-19(14-24(23)36-26)21-15-29-30-16-21;2*3-2(4,5)1(6)7/h3,5-7,10,13-16,22H,4,8-9,11-12,17H2,1-2H3,(H,28,34)(H,29,30);2*(H,6,7). The number of carboxylic acids is 2. The number of amides is 2. The van der Waals surface area contributed by atoms with Crippen LogP contribution in [-0.2, 0) is 16.1 Å². The van der Waals surface area contributed by atoms with Gasteiger partial charge in [0, 0.05) is 36.5 Å². The maximum Gasteiger partial charge on any atom is 0.490 e. The molecular weight excluding hydrogens is 698 g/mol. The molecule has 2 heterocycles. The zero-order valence-electron chi connectivity index (χ0n) is 26.5. The third-order valence-corrected chi connectivity index (χ3v) is 7.75. The van der Waals surface area contributed by atoms with Crippen LogP contribution < -0.4 is 5.32 Å². The van der Waals surface area contributed by atoms with E-state index in [-0.39, 0.29) is 17.9 Å². The number of carboxylic acid groups (broad SMARTS) is 2. The Labute approximate surface area is 284 Å². The smallest absolute Gasteiger partial charge is 0.475 e. The minimum atomic E-state index is -5.08. The third kappa shape index (κ3) is 12.1. The molecular formula is C31H32F6N6O6S. The van der Waals surface area contributed by atoms with Crippen LogP contribution in [0.25, 0.3) is 21.3 Å². The summed E-state index contributed by atoms with van der Waals surface area (Å²) in [6.07, 6.45) is -3.66. The van der Waals surface area contributed by atoms with Gasteiger partial charge < -0.3 is 25.3 Å². The molecule has 2 amide bonds. The van der Waals surface area contributed by atoms with E-state index >= 15 is 0 Å². The van der Waals surface area contributed by atoms with E-state index in [1.54, 1.807) is 6.20 Å². The number of halogens is 6. The number of aliphatic carboxylic acids is 2. The van der Waals surface area contributed by atoms with E-state index in [2.05, 4.69) is 31.5 Å². The van der Waals surface area contributed by atoms with E-state index < -0.39 is 24.3 Å². The highest BCUT2D eigenvalue weighted by molar-refractivity contribution is 7.20. The first kappa shape index (κ1) is 39.4. The van der Waals surface area contributed by atoms with Crippen LogP contribution in [0.3, 0.4) is 0 Å². The van der Waals surface area contributed by atoms with Gasteiger partial charge in [-0.25, -0.2) is 14.6 Å². The van der Waals surface area contributed by atoms with Gasteiger partial charge in [0.2, 0.25) is 0 Å². The average molecular weight is 731 g/mol. The van der Waals surface area contributed by atoms with Crippen molar-refractivity contribution in [2.24, 2.45) is 0 Å². The van der Waals surface area contributed by atoms with E-state index in [4.69, 9.17) is 19.8 Å². The van der Waals surface area contributed by atoms with E-state index in [1.807, 2.05) is 61.6 Å². The molecule has 2 aromatic carbocycles. The molecule has 0 saturated heterocycles. The number of carbonyl (C=O) groups excluding carboxylic acids is 2. The quantitative estimate of drug-likeness (QED) is 0.123. The van der Waals surface area contributed by atoms with Crippen LogP contribution >= 0.6 is 11.3 Å². The maximum atomic E-state index is 13.5. The lowest BCUT2D eigenvalue weighted by Gasteiger charge is -2.21. The van der Waals surface area contributed by atoms with Gasteiger partial charge in [0.1, 0.15) is 0 Å². The van der Waals surface area contributed by atoms with E-state index in [9.17, 15) is 35.9 Å². The molecule has 2 aromatic heterocycles. The molecule has 1 fully saturated rings. The van der Waals surface area contributed by atoms with Gasteiger partial charge in [-0.2, -0.15) is 31.4 Å². The summed E-state index contributed by atoms with van der Waals surface area (Å²) in [5.41, 5.74) is 4.42. The molecule has 1 saturated carbocycles. The van der Waals surface area contributed by atoms with Crippen LogP contribution in [0, 0.1) is 0 Å². The molecule has 1 aliphatic carbocycles. The van der Waals surface area contributed by atoms with Crippen LogP contribution in [0.4, 0.5) is 26.3 Å². The minimum absolute atomic E-state index is 0.0536. The number of hydrogen-bond donors (Lipinski definition) is 4. The number of aromatic nitrogens is 3. The van der Waals surface area contributed by atoms with E-state index in [0.29, 0.717) is 23.7 Å². The lowest BCUT2D eigenvalue weighted by molar-refractivity contribution is -0.193. The van der Waals surface area contributed by atoms with Crippen molar-refractivity contribution >= 4 is 45.3 Å². The topological polar surface area (TPSA) is 169 Å². The molecule has 50 heavy (non-hydrogen) atoms. The molecule has 0 bridgehead atoms. The summed E-state index contributed by atoms with van der Waals surface area (Å²) < 4.78 is 64.4. The van der Waals surface area contributed by atoms with Gasteiger partial charge in [-0.1, -0.05) is 18.2 Å². The molecule has 4 N–H and O–H groups in total. The number of alkyl halides is 6. The summed E-state index contributed by atoms with van der Waals surface area (Å²) >= 11 is 1.42. The SMILES string of the molecule is CN(C)CCCNC(=O)c1cccc(CN(C(=O)c2nc3ccc(-c4cn[nH]c4)cc3s2)C2CC2)c1.O=C(O)C(F)(F)F.O=C(O)C(F)(F)F. The normalized spacial score (nSPS) is 12.7. The van der Waals surface area contributed by atoms with Crippen LogP contribution in [0.5, 0.6) is 0 Å². The Morgan fingerprint density at radius 1 is 0.960 bits per heavy atom. The first-order valence-corrected chi connectivity index (χ1v) is 15.5. The van der Waals surface area contributed by atoms with Crippen molar-refractivity contribution in [3.8, 4) is 11.1 Å². The maximum absolute atomic E-state index is 13.5. The Hall–Kier alpha value is -5.04.